The molecule has 2 aromatic heterocycles. The molecule has 0 unspecified atom stereocenters. The van der Waals surface area contributed by atoms with Gasteiger partial charge < -0.3 is 4.90 Å². The van der Waals surface area contributed by atoms with Gasteiger partial charge in [0.05, 0.1) is 6.54 Å². The molecule has 1 aliphatic rings. The summed E-state index contributed by atoms with van der Waals surface area (Å²) in [5, 5.41) is 0.987. The molecule has 0 atom stereocenters. The molecule has 0 bridgehead atoms. The number of hydrogen-bond acceptors (Lipinski definition) is 5. The predicted molar refractivity (Wildman–Crippen MR) is 119 cm³/mol. The van der Waals surface area contributed by atoms with Crippen molar-refractivity contribution in [3.05, 3.63) is 76.2 Å². The monoisotopic (exact) mass is 402 g/mol. The van der Waals surface area contributed by atoms with Gasteiger partial charge in [0.25, 0.3) is 0 Å². The molecule has 2 aromatic carbocycles. The van der Waals surface area contributed by atoms with Crippen LogP contribution in [0.1, 0.15) is 24.0 Å². The first-order valence-electron chi connectivity index (χ1n) is 9.97. The summed E-state index contributed by atoms with van der Waals surface area (Å²) < 4.78 is 1.78. The Balaban J connectivity index is 1.72. The summed E-state index contributed by atoms with van der Waals surface area (Å²) in [5.74, 6) is 0. The summed E-state index contributed by atoms with van der Waals surface area (Å²) in [6.07, 6.45) is 2.38. The lowest BCUT2D eigenvalue weighted by Gasteiger charge is -2.11. The molecule has 4 aromatic rings. The summed E-state index contributed by atoms with van der Waals surface area (Å²) in [7, 11) is 0. The fourth-order valence-corrected chi connectivity index (χ4v) is 4.99. The van der Waals surface area contributed by atoms with E-state index in [0.29, 0.717) is 12.2 Å². The number of thiazole rings is 1. The van der Waals surface area contributed by atoms with Crippen LogP contribution in [0.4, 0.5) is 5.13 Å². The first kappa shape index (κ1) is 18.1. The van der Waals surface area contributed by atoms with Crippen LogP contribution in [0.15, 0.2) is 59.4 Å². The van der Waals surface area contributed by atoms with E-state index in [1.54, 1.807) is 15.9 Å². The topological polar surface area (TPSA) is 51.0 Å². The fraction of sp³-hybridized carbons (Fsp3) is 0.261. The van der Waals surface area contributed by atoms with Gasteiger partial charge in [-0.25, -0.2) is 9.78 Å². The Morgan fingerprint density at radius 2 is 1.69 bits per heavy atom. The lowest BCUT2D eigenvalue weighted by atomic mass is 10.1. The van der Waals surface area contributed by atoms with Gasteiger partial charge in [-0.1, -0.05) is 65.9 Å². The van der Waals surface area contributed by atoms with Crippen LogP contribution in [-0.4, -0.2) is 27.6 Å². The van der Waals surface area contributed by atoms with Gasteiger partial charge in [-0.05, 0) is 30.9 Å². The largest absolute Gasteiger partial charge is 0.349 e. The lowest BCUT2D eigenvalue weighted by Crippen LogP contribution is -2.24. The highest BCUT2D eigenvalue weighted by Gasteiger charge is 2.22. The van der Waals surface area contributed by atoms with Crippen LogP contribution in [-0.2, 0) is 6.54 Å². The maximum atomic E-state index is 13.1. The average Bonchev–Trinajstić information content (AvgIpc) is 3.42. The van der Waals surface area contributed by atoms with Crippen LogP contribution in [0, 0.1) is 6.92 Å². The second kappa shape index (κ2) is 7.44. The van der Waals surface area contributed by atoms with Crippen molar-refractivity contribution in [2.24, 2.45) is 0 Å². The van der Waals surface area contributed by atoms with E-state index in [1.165, 1.54) is 18.4 Å². The Morgan fingerprint density at radius 3 is 2.45 bits per heavy atom. The molecular weight excluding hydrogens is 380 g/mol. The van der Waals surface area contributed by atoms with Crippen molar-refractivity contribution in [2.45, 2.75) is 26.3 Å². The standard InChI is InChI=1S/C23H22N4OS/c1-16-9-5-6-12-18(16)15-27-21-20(25-23(29-21)26-13-7-8-14-26)19(24-22(27)28)17-10-3-2-4-11-17/h2-6,9-12H,7-8,13-15H2,1H3. The molecular formula is C23H22N4OS. The molecule has 0 radical (unpaired) electrons. The third kappa shape index (κ3) is 3.34. The van der Waals surface area contributed by atoms with Gasteiger partial charge in [0.1, 0.15) is 16.0 Å². The number of aryl methyl sites for hydroxylation is 1. The van der Waals surface area contributed by atoms with Crippen molar-refractivity contribution in [2.75, 3.05) is 18.0 Å². The summed E-state index contributed by atoms with van der Waals surface area (Å²) >= 11 is 1.61. The Morgan fingerprint density at radius 1 is 0.966 bits per heavy atom. The van der Waals surface area contributed by atoms with Crippen molar-refractivity contribution in [1.82, 2.24) is 14.5 Å². The van der Waals surface area contributed by atoms with Crippen molar-refractivity contribution >= 4 is 26.8 Å². The fourth-order valence-electron chi connectivity index (χ4n) is 3.87. The lowest BCUT2D eigenvalue weighted by molar-refractivity contribution is 0.764. The highest BCUT2D eigenvalue weighted by molar-refractivity contribution is 7.22. The number of hydrogen-bond donors (Lipinski definition) is 0. The second-order valence-electron chi connectivity index (χ2n) is 7.47. The highest BCUT2D eigenvalue weighted by atomic mass is 32.1. The van der Waals surface area contributed by atoms with Gasteiger partial charge in [0.15, 0.2) is 5.13 Å². The van der Waals surface area contributed by atoms with Crippen molar-refractivity contribution in [3.63, 3.8) is 0 Å². The van der Waals surface area contributed by atoms with Gasteiger partial charge in [0, 0.05) is 18.7 Å². The Bertz CT molecular complexity index is 1220. The molecule has 146 valence electrons. The molecule has 5 nitrogen and oxygen atoms in total. The molecule has 6 heteroatoms. The molecule has 1 aliphatic heterocycles. The van der Waals surface area contributed by atoms with Crippen LogP contribution >= 0.6 is 11.3 Å². The normalized spacial score (nSPS) is 14.0. The van der Waals surface area contributed by atoms with Gasteiger partial charge >= 0.3 is 5.69 Å². The summed E-state index contributed by atoms with van der Waals surface area (Å²) in [5.41, 5.74) is 4.49. The number of aromatic nitrogens is 3. The molecule has 3 heterocycles. The number of anilines is 1. The quantitative estimate of drug-likeness (QED) is 0.505. The van der Waals surface area contributed by atoms with Gasteiger partial charge in [-0.2, -0.15) is 4.98 Å². The van der Waals surface area contributed by atoms with E-state index < -0.39 is 0 Å². The molecule has 0 aliphatic carbocycles. The molecule has 1 saturated heterocycles. The molecule has 29 heavy (non-hydrogen) atoms. The number of nitrogens with zero attached hydrogens (tertiary/aromatic N) is 4. The minimum Gasteiger partial charge on any atom is -0.348 e. The van der Waals surface area contributed by atoms with Crippen LogP contribution in [0.3, 0.4) is 0 Å². The van der Waals surface area contributed by atoms with E-state index in [-0.39, 0.29) is 5.69 Å². The number of fused-ring (bicyclic) bond motifs is 1. The molecule has 0 N–H and O–H groups in total. The summed E-state index contributed by atoms with van der Waals surface area (Å²) in [6, 6.07) is 18.1. The third-order valence-electron chi connectivity index (χ3n) is 5.52. The smallest absolute Gasteiger partial charge is 0.348 e. The Labute approximate surface area is 173 Å². The van der Waals surface area contributed by atoms with E-state index in [1.807, 2.05) is 42.5 Å². The van der Waals surface area contributed by atoms with E-state index in [4.69, 9.17) is 4.98 Å². The van der Waals surface area contributed by atoms with Crippen LogP contribution in [0.25, 0.3) is 21.6 Å². The molecule has 0 amide bonds. The van der Waals surface area contributed by atoms with Crippen LogP contribution in [0.2, 0.25) is 0 Å². The maximum Gasteiger partial charge on any atom is 0.349 e. The predicted octanol–water partition coefficient (Wildman–Crippen LogP) is 4.48. The Hall–Kier alpha value is -2.99. The maximum absolute atomic E-state index is 13.1. The van der Waals surface area contributed by atoms with Crippen LogP contribution < -0.4 is 10.6 Å². The summed E-state index contributed by atoms with van der Waals surface area (Å²) in [4.78, 5) is 25.7. The van der Waals surface area contributed by atoms with Crippen LogP contribution in [0.5, 0.6) is 0 Å². The zero-order chi connectivity index (χ0) is 19.8. The first-order valence-corrected chi connectivity index (χ1v) is 10.8. The summed E-state index contributed by atoms with van der Waals surface area (Å²) in [6.45, 7) is 4.63. The van der Waals surface area contributed by atoms with Gasteiger partial charge in [-0.3, -0.25) is 4.57 Å². The van der Waals surface area contributed by atoms with Crippen molar-refractivity contribution < 1.29 is 0 Å². The zero-order valence-corrected chi connectivity index (χ0v) is 17.2. The van der Waals surface area contributed by atoms with E-state index in [2.05, 4.69) is 28.9 Å². The molecule has 0 spiro atoms. The highest BCUT2D eigenvalue weighted by Crippen LogP contribution is 2.34. The number of benzene rings is 2. The van der Waals surface area contributed by atoms with Gasteiger partial charge in [0.2, 0.25) is 0 Å². The first-order chi connectivity index (χ1) is 14.2. The molecule has 5 rings (SSSR count). The van der Waals surface area contributed by atoms with E-state index >= 15 is 0 Å². The van der Waals surface area contributed by atoms with E-state index in [9.17, 15) is 4.79 Å². The van der Waals surface area contributed by atoms with Crippen molar-refractivity contribution in [1.29, 1.82) is 0 Å². The second-order valence-corrected chi connectivity index (χ2v) is 8.42. The van der Waals surface area contributed by atoms with Gasteiger partial charge in [-0.15, -0.1) is 0 Å². The van der Waals surface area contributed by atoms with Crippen molar-refractivity contribution in [3.8, 4) is 11.3 Å². The molecule has 0 saturated carbocycles. The zero-order valence-electron chi connectivity index (χ0n) is 16.3. The Kier molecular flexibility index (Phi) is 4.64. The molecule has 1 fully saturated rings. The average molecular weight is 403 g/mol. The third-order valence-corrected chi connectivity index (χ3v) is 6.66. The minimum atomic E-state index is -0.226. The SMILES string of the molecule is Cc1ccccc1Cn1c(=O)nc(-c2ccccc2)c2nc(N3CCCC3)sc21. The van der Waals surface area contributed by atoms with E-state index in [0.717, 1.165) is 39.7 Å². The minimum absolute atomic E-state index is 0.226. The number of rotatable bonds is 4.